The maximum Gasteiger partial charge on any atom is 0.123 e. The summed E-state index contributed by atoms with van der Waals surface area (Å²) in [7, 11) is 0. The Kier molecular flexibility index (Phi) is 5.16. The van der Waals surface area contributed by atoms with E-state index < -0.39 is 0 Å². The van der Waals surface area contributed by atoms with Crippen LogP contribution >= 0.6 is 23.7 Å². The summed E-state index contributed by atoms with van der Waals surface area (Å²) in [5.74, 6) is 0. The molecule has 5 heteroatoms. The van der Waals surface area contributed by atoms with Crippen molar-refractivity contribution in [3.63, 3.8) is 0 Å². The topological polar surface area (TPSA) is 42.2 Å². The highest BCUT2D eigenvalue weighted by Crippen LogP contribution is 2.25. The van der Waals surface area contributed by atoms with Crippen molar-refractivity contribution in [1.29, 1.82) is 0 Å². The standard InChI is InChI=1S/C15H19N3S.ClH/c1-11-2-4-12(5-3-11)15-17-14(10-19-15)9-18-7-6-13(16)8-18;/h2-5,10,13H,6-9,16H2,1H3;1H. The van der Waals surface area contributed by atoms with Crippen molar-refractivity contribution in [2.45, 2.75) is 25.9 Å². The van der Waals surface area contributed by atoms with Gasteiger partial charge < -0.3 is 5.73 Å². The fraction of sp³-hybridized carbons (Fsp3) is 0.400. The zero-order valence-corrected chi connectivity index (χ0v) is 13.2. The highest BCUT2D eigenvalue weighted by atomic mass is 35.5. The number of aromatic nitrogens is 1. The molecule has 0 radical (unpaired) electrons. The van der Waals surface area contributed by atoms with Gasteiger partial charge in [0.2, 0.25) is 0 Å². The number of halogens is 1. The van der Waals surface area contributed by atoms with Gasteiger partial charge in [-0.1, -0.05) is 29.8 Å². The number of nitrogens with zero attached hydrogens (tertiary/aromatic N) is 2. The van der Waals surface area contributed by atoms with Gasteiger partial charge in [0.25, 0.3) is 0 Å². The monoisotopic (exact) mass is 309 g/mol. The molecule has 0 bridgehead atoms. The van der Waals surface area contributed by atoms with Crippen molar-refractivity contribution in [2.24, 2.45) is 5.73 Å². The summed E-state index contributed by atoms with van der Waals surface area (Å²) >= 11 is 1.72. The van der Waals surface area contributed by atoms with Crippen LogP contribution in [0.3, 0.4) is 0 Å². The zero-order chi connectivity index (χ0) is 13.2. The van der Waals surface area contributed by atoms with Gasteiger partial charge in [0.15, 0.2) is 0 Å². The first-order valence-electron chi connectivity index (χ1n) is 6.70. The number of hydrogen-bond donors (Lipinski definition) is 1. The highest BCUT2D eigenvalue weighted by Gasteiger charge is 2.19. The lowest BCUT2D eigenvalue weighted by Crippen LogP contribution is -2.26. The number of nitrogens with two attached hydrogens (primary N) is 1. The Morgan fingerprint density at radius 3 is 2.75 bits per heavy atom. The molecule has 1 saturated heterocycles. The van der Waals surface area contributed by atoms with E-state index in [9.17, 15) is 0 Å². The van der Waals surface area contributed by atoms with Crippen LogP contribution < -0.4 is 5.73 Å². The van der Waals surface area contributed by atoms with E-state index in [4.69, 9.17) is 10.7 Å². The molecule has 1 aliphatic heterocycles. The Hall–Kier alpha value is -0.940. The van der Waals surface area contributed by atoms with Gasteiger partial charge in [0.05, 0.1) is 5.69 Å². The molecule has 20 heavy (non-hydrogen) atoms. The van der Waals surface area contributed by atoms with E-state index in [0.29, 0.717) is 6.04 Å². The average molecular weight is 310 g/mol. The van der Waals surface area contributed by atoms with Crippen LogP contribution in [0, 0.1) is 6.92 Å². The average Bonchev–Trinajstić information content (AvgIpc) is 3.00. The van der Waals surface area contributed by atoms with Crippen molar-refractivity contribution in [1.82, 2.24) is 9.88 Å². The molecule has 3 rings (SSSR count). The van der Waals surface area contributed by atoms with E-state index in [0.717, 1.165) is 36.8 Å². The molecule has 1 aliphatic rings. The third kappa shape index (κ3) is 3.58. The third-order valence-corrected chi connectivity index (χ3v) is 4.48. The molecule has 1 aromatic carbocycles. The minimum Gasteiger partial charge on any atom is -0.326 e. The molecule has 108 valence electrons. The first-order valence-corrected chi connectivity index (χ1v) is 7.58. The van der Waals surface area contributed by atoms with Crippen LogP contribution in [0.25, 0.3) is 10.6 Å². The Balaban J connectivity index is 0.00000147. The molecule has 2 aromatic rings. The van der Waals surface area contributed by atoms with Gasteiger partial charge in [-0.15, -0.1) is 23.7 Å². The SMILES string of the molecule is Cc1ccc(-c2nc(CN3CCC(N)C3)cs2)cc1.Cl. The Bertz CT molecular complexity index is 553. The van der Waals surface area contributed by atoms with Gasteiger partial charge in [-0.05, 0) is 13.3 Å². The zero-order valence-electron chi connectivity index (χ0n) is 11.6. The lowest BCUT2D eigenvalue weighted by Gasteiger charge is -2.12. The molecule has 2 N–H and O–H groups in total. The van der Waals surface area contributed by atoms with Crippen LogP contribution in [-0.4, -0.2) is 29.0 Å². The van der Waals surface area contributed by atoms with Crippen LogP contribution in [0.2, 0.25) is 0 Å². The summed E-state index contributed by atoms with van der Waals surface area (Å²) in [4.78, 5) is 7.12. The molecule has 0 aliphatic carbocycles. The van der Waals surface area contributed by atoms with E-state index in [-0.39, 0.29) is 12.4 Å². The van der Waals surface area contributed by atoms with Gasteiger partial charge in [-0.3, -0.25) is 4.90 Å². The minimum atomic E-state index is 0. The van der Waals surface area contributed by atoms with Crippen molar-refractivity contribution in [2.75, 3.05) is 13.1 Å². The first kappa shape index (κ1) is 15.4. The maximum atomic E-state index is 5.93. The Labute approximate surface area is 130 Å². The second kappa shape index (κ2) is 6.68. The first-order chi connectivity index (χ1) is 9.20. The predicted molar refractivity (Wildman–Crippen MR) is 87.4 cm³/mol. The van der Waals surface area contributed by atoms with Crippen LogP contribution in [0.4, 0.5) is 0 Å². The molecule has 1 aromatic heterocycles. The molecule has 0 spiro atoms. The molecule has 2 heterocycles. The van der Waals surface area contributed by atoms with E-state index in [1.807, 2.05) is 0 Å². The summed E-state index contributed by atoms with van der Waals surface area (Å²) in [6, 6.07) is 8.90. The lowest BCUT2D eigenvalue weighted by molar-refractivity contribution is 0.323. The maximum absolute atomic E-state index is 5.93. The second-order valence-electron chi connectivity index (χ2n) is 5.29. The van der Waals surface area contributed by atoms with E-state index >= 15 is 0 Å². The van der Waals surface area contributed by atoms with Crippen molar-refractivity contribution < 1.29 is 0 Å². The Morgan fingerprint density at radius 1 is 1.35 bits per heavy atom. The summed E-state index contributed by atoms with van der Waals surface area (Å²) in [5, 5.41) is 3.28. The largest absolute Gasteiger partial charge is 0.326 e. The van der Waals surface area contributed by atoms with Crippen LogP contribution in [0.1, 0.15) is 17.7 Å². The normalized spacial score (nSPS) is 19.0. The molecule has 1 atom stereocenters. The number of likely N-dealkylation sites (tertiary alicyclic amines) is 1. The third-order valence-electron chi connectivity index (χ3n) is 3.54. The molecular weight excluding hydrogens is 290 g/mol. The summed E-state index contributed by atoms with van der Waals surface area (Å²) in [6.45, 7) is 5.12. The minimum absolute atomic E-state index is 0. The molecule has 1 fully saturated rings. The number of aryl methyl sites for hydroxylation is 1. The molecular formula is C15H20ClN3S. The Morgan fingerprint density at radius 2 is 2.10 bits per heavy atom. The molecule has 1 unspecified atom stereocenters. The smallest absolute Gasteiger partial charge is 0.123 e. The fourth-order valence-electron chi connectivity index (χ4n) is 2.44. The predicted octanol–water partition coefficient (Wildman–Crippen LogP) is 3.07. The van der Waals surface area contributed by atoms with Gasteiger partial charge in [-0.25, -0.2) is 4.98 Å². The summed E-state index contributed by atoms with van der Waals surface area (Å²) in [6.07, 6.45) is 1.11. The molecule has 3 nitrogen and oxygen atoms in total. The van der Waals surface area contributed by atoms with Crippen LogP contribution in [-0.2, 0) is 6.54 Å². The van der Waals surface area contributed by atoms with Crippen LogP contribution in [0.15, 0.2) is 29.6 Å². The highest BCUT2D eigenvalue weighted by molar-refractivity contribution is 7.13. The number of rotatable bonds is 3. The lowest BCUT2D eigenvalue weighted by atomic mass is 10.2. The quantitative estimate of drug-likeness (QED) is 0.947. The summed E-state index contributed by atoms with van der Waals surface area (Å²) < 4.78 is 0. The molecule has 0 saturated carbocycles. The van der Waals surface area contributed by atoms with Gasteiger partial charge >= 0.3 is 0 Å². The van der Waals surface area contributed by atoms with Gasteiger partial charge in [-0.2, -0.15) is 0 Å². The number of hydrogen-bond acceptors (Lipinski definition) is 4. The van der Waals surface area contributed by atoms with E-state index in [1.54, 1.807) is 11.3 Å². The van der Waals surface area contributed by atoms with Crippen molar-refractivity contribution in [3.8, 4) is 10.6 Å². The second-order valence-corrected chi connectivity index (χ2v) is 6.15. The van der Waals surface area contributed by atoms with Crippen LogP contribution in [0.5, 0.6) is 0 Å². The van der Waals surface area contributed by atoms with Crippen molar-refractivity contribution >= 4 is 23.7 Å². The summed E-state index contributed by atoms with van der Waals surface area (Å²) in [5.41, 5.74) is 9.58. The number of benzene rings is 1. The van der Waals surface area contributed by atoms with E-state index in [1.165, 1.54) is 11.1 Å². The molecule has 0 amide bonds. The van der Waals surface area contributed by atoms with Gasteiger partial charge in [0, 0.05) is 36.6 Å². The van der Waals surface area contributed by atoms with Crippen molar-refractivity contribution in [3.05, 3.63) is 40.9 Å². The van der Waals surface area contributed by atoms with E-state index in [2.05, 4.69) is 41.5 Å². The number of thiazole rings is 1. The fourth-order valence-corrected chi connectivity index (χ4v) is 3.26. The van der Waals surface area contributed by atoms with Gasteiger partial charge in [0.1, 0.15) is 5.01 Å².